The maximum Gasteiger partial charge on any atom is 0.376 e. The predicted molar refractivity (Wildman–Crippen MR) is 65.4 cm³/mol. The van der Waals surface area contributed by atoms with Crippen molar-refractivity contribution >= 4 is 11.8 Å². The van der Waals surface area contributed by atoms with Crippen LogP contribution in [0.2, 0.25) is 0 Å². The molecule has 0 aromatic carbocycles. The van der Waals surface area contributed by atoms with E-state index in [-0.39, 0.29) is 5.92 Å². The molecule has 4 fully saturated rings. The van der Waals surface area contributed by atoms with Gasteiger partial charge in [0, 0.05) is 17.7 Å². The highest BCUT2D eigenvalue weighted by molar-refractivity contribution is 6.37. The van der Waals surface area contributed by atoms with E-state index >= 15 is 0 Å². The van der Waals surface area contributed by atoms with Gasteiger partial charge in [-0.2, -0.15) is 0 Å². The molecule has 0 atom stereocenters. The number of carbonyl (C=O) groups is 2. The fourth-order valence-electron chi connectivity index (χ4n) is 4.78. The number of hydrogen-bond donors (Lipinski definition) is 2. The van der Waals surface area contributed by atoms with Gasteiger partial charge in [0.15, 0.2) is 0 Å². The first-order valence-corrected chi connectivity index (χ1v) is 6.79. The summed E-state index contributed by atoms with van der Waals surface area (Å²) in [6.07, 6.45) is 7.38. The maximum absolute atomic E-state index is 11.2. The summed E-state index contributed by atoms with van der Waals surface area (Å²) in [5, 5.41) is 8.63. The molecule has 4 bridgehead atoms. The van der Waals surface area contributed by atoms with Crippen molar-refractivity contribution in [2.45, 2.75) is 32.1 Å². The minimum atomic E-state index is -1.42. The third-order valence-electron chi connectivity index (χ3n) is 5.12. The van der Waals surface area contributed by atoms with Crippen molar-refractivity contribution < 1.29 is 14.7 Å². The Kier molecular flexibility index (Phi) is 2.68. The molecule has 0 unspecified atom stereocenters. The van der Waals surface area contributed by atoms with E-state index < -0.39 is 11.8 Å². The number of allylic oxidation sites excluding steroid dienone is 1. The van der Waals surface area contributed by atoms with Crippen molar-refractivity contribution in [3.05, 3.63) is 11.8 Å². The van der Waals surface area contributed by atoms with E-state index in [0.717, 1.165) is 17.9 Å². The fraction of sp³-hybridized carbons (Fsp3) is 0.714. The molecule has 4 aliphatic carbocycles. The van der Waals surface area contributed by atoms with Crippen LogP contribution in [0.15, 0.2) is 11.8 Å². The van der Waals surface area contributed by atoms with Gasteiger partial charge in [0.1, 0.15) is 0 Å². The lowest BCUT2D eigenvalue weighted by atomic mass is 9.51. The molecule has 0 heterocycles. The Labute approximate surface area is 106 Å². The minimum Gasteiger partial charge on any atom is -0.475 e. The molecule has 4 saturated carbocycles. The minimum absolute atomic E-state index is 0.251. The SMILES string of the molecule is N/C(=C\C(=O)C(=O)O)C1C2CC3CC(C2)CC1C3. The molecule has 0 amide bonds. The molecular formula is C14H19NO3. The third kappa shape index (κ3) is 1.84. The normalized spacial score (nSPS) is 42.0. The number of aliphatic carboxylic acids is 1. The quantitative estimate of drug-likeness (QED) is 0.587. The zero-order valence-electron chi connectivity index (χ0n) is 10.3. The van der Waals surface area contributed by atoms with Crippen LogP contribution in [0.25, 0.3) is 0 Å². The van der Waals surface area contributed by atoms with Gasteiger partial charge in [-0.25, -0.2) is 4.79 Å². The van der Waals surface area contributed by atoms with Crippen LogP contribution in [-0.2, 0) is 9.59 Å². The molecule has 0 aliphatic heterocycles. The highest BCUT2D eigenvalue weighted by Crippen LogP contribution is 2.57. The Hall–Kier alpha value is -1.32. The fourth-order valence-corrected chi connectivity index (χ4v) is 4.78. The molecule has 0 saturated heterocycles. The summed E-state index contributed by atoms with van der Waals surface area (Å²) in [4.78, 5) is 21.8. The first-order chi connectivity index (χ1) is 8.54. The van der Waals surface area contributed by atoms with Crippen molar-refractivity contribution in [2.75, 3.05) is 0 Å². The summed E-state index contributed by atoms with van der Waals surface area (Å²) < 4.78 is 0. The Balaban J connectivity index is 1.80. The Bertz CT molecular complexity index is 399. The van der Waals surface area contributed by atoms with Crippen LogP contribution in [0, 0.1) is 29.6 Å². The first-order valence-electron chi connectivity index (χ1n) is 6.79. The Morgan fingerprint density at radius 3 is 1.94 bits per heavy atom. The van der Waals surface area contributed by atoms with Crippen molar-refractivity contribution in [3.8, 4) is 0 Å². The van der Waals surface area contributed by atoms with Crippen molar-refractivity contribution in [1.29, 1.82) is 0 Å². The molecule has 4 aliphatic rings. The van der Waals surface area contributed by atoms with Crippen LogP contribution in [0.3, 0.4) is 0 Å². The standard InChI is InChI=1S/C14H19NO3/c15-11(6-12(16)14(17)18)13-9-2-7-1-8(4-9)5-10(13)3-7/h6-10,13H,1-5,15H2,(H,17,18)/b11-6-. The van der Waals surface area contributed by atoms with E-state index in [4.69, 9.17) is 10.8 Å². The van der Waals surface area contributed by atoms with E-state index in [0.29, 0.717) is 17.5 Å². The molecule has 18 heavy (non-hydrogen) atoms. The van der Waals surface area contributed by atoms with Crippen molar-refractivity contribution in [2.24, 2.45) is 35.3 Å². The van der Waals surface area contributed by atoms with Crippen LogP contribution < -0.4 is 5.73 Å². The highest BCUT2D eigenvalue weighted by atomic mass is 16.4. The first kappa shape index (κ1) is 11.8. The molecule has 3 N–H and O–H groups in total. The number of carbonyl (C=O) groups excluding carboxylic acids is 1. The van der Waals surface area contributed by atoms with Gasteiger partial charge in [-0.15, -0.1) is 0 Å². The monoisotopic (exact) mass is 249 g/mol. The van der Waals surface area contributed by atoms with E-state index in [1.165, 1.54) is 32.1 Å². The highest BCUT2D eigenvalue weighted by Gasteiger charge is 2.48. The van der Waals surface area contributed by atoms with Crippen molar-refractivity contribution in [1.82, 2.24) is 0 Å². The Morgan fingerprint density at radius 1 is 1.00 bits per heavy atom. The number of rotatable bonds is 3. The molecule has 98 valence electrons. The molecule has 0 radical (unpaired) electrons. The van der Waals surface area contributed by atoms with Gasteiger partial charge in [-0.3, -0.25) is 4.79 Å². The largest absolute Gasteiger partial charge is 0.475 e. The average Bonchev–Trinajstić information content (AvgIpc) is 2.26. The van der Waals surface area contributed by atoms with Gasteiger partial charge in [-0.05, 0) is 55.8 Å². The van der Waals surface area contributed by atoms with Crippen LogP contribution >= 0.6 is 0 Å². The summed E-state index contributed by atoms with van der Waals surface area (Å²) in [6.45, 7) is 0. The van der Waals surface area contributed by atoms with Gasteiger partial charge in [0.25, 0.3) is 5.78 Å². The van der Waals surface area contributed by atoms with Crippen LogP contribution in [0.5, 0.6) is 0 Å². The number of nitrogens with two attached hydrogens (primary N) is 1. The lowest BCUT2D eigenvalue weighted by molar-refractivity contribution is -0.146. The summed E-state index contributed by atoms with van der Waals surface area (Å²) in [5.74, 6) is 0.820. The molecule has 0 aromatic rings. The van der Waals surface area contributed by atoms with Gasteiger partial charge in [0.2, 0.25) is 0 Å². The van der Waals surface area contributed by atoms with Crippen molar-refractivity contribution in [3.63, 3.8) is 0 Å². The van der Waals surface area contributed by atoms with Crippen LogP contribution in [0.1, 0.15) is 32.1 Å². The zero-order valence-corrected chi connectivity index (χ0v) is 10.3. The van der Waals surface area contributed by atoms with E-state index in [1.54, 1.807) is 0 Å². The van der Waals surface area contributed by atoms with Crippen LogP contribution in [-0.4, -0.2) is 16.9 Å². The van der Waals surface area contributed by atoms with Gasteiger partial charge in [0.05, 0.1) is 0 Å². The second-order valence-corrected chi connectivity index (χ2v) is 6.27. The molecule has 0 aromatic heterocycles. The van der Waals surface area contributed by atoms with E-state index in [2.05, 4.69) is 0 Å². The smallest absolute Gasteiger partial charge is 0.376 e. The summed E-state index contributed by atoms with van der Waals surface area (Å²) in [6, 6.07) is 0. The lowest BCUT2D eigenvalue weighted by Gasteiger charge is -2.54. The van der Waals surface area contributed by atoms with E-state index in [9.17, 15) is 9.59 Å². The number of carboxylic acids is 1. The number of ketones is 1. The average molecular weight is 249 g/mol. The topological polar surface area (TPSA) is 80.4 Å². The molecular weight excluding hydrogens is 230 g/mol. The molecule has 4 heteroatoms. The second kappa shape index (κ2) is 4.11. The lowest BCUT2D eigenvalue weighted by Crippen LogP contribution is -2.47. The molecule has 0 spiro atoms. The third-order valence-corrected chi connectivity index (χ3v) is 5.12. The second-order valence-electron chi connectivity index (χ2n) is 6.27. The van der Waals surface area contributed by atoms with Gasteiger partial charge >= 0.3 is 5.97 Å². The molecule has 4 rings (SSSR count). The Morgan fingerprint density at radius 2 is 1.50 bits per heavy atom. The summed E-state index contributed by atoms with van der Waals surface area (Å²) in [7, 11) is 0. The van der Waals surface area contributed by atoms with E-state index in [1.807, 2.05) is 0 Å². The zero-order chi connectivity index (χ0) is 12.9. The predicted octanol–water partition coefficient (Wildman–Crippen LogP) is 1.55. The van der Waals surface area contributed by atoms with Gasteiger partial charge < -0.3 is 10.8 Å². The number of carboxylic acid groups (broad SMARTS) is 1. The number of hydrogen-bond acceptors (Lipinski definition) is 3. The maximum atomic E-state index is 11.2. The van der Waals surface area contributed by atoms with Crippen LogP contribution in [0.4, 0.5) is 0 Å². The molecule has 4 nitrogen and oxygen atoms in total. The summed E-state index contributed by atoms with van der Waals surface area (Å²) >= 11 is 0. The van der Waals surface area contributed by atoms with Gasteiger partial charge in [-0.1, -0.05) is 0 Å². The summed E-state index contributed by atoms with van der Waals surface area (Å²) in [5.41, 5.74) is 6.53.